The van der Waals surface area contributed by atoms with E-state index in [1.807, 2.05) is 0 Å². The van der Waals surface area contributed by atoms with Gasteiger partial charge < -0.3 is 18.9 Å². The average Bonchev–Trinajstić information content (AvgIpc) is 2.40. The minimum atomic E-state index is -1.35. The van der Waals surface area contributed by atoms with Gasteiger partial charge >= 0.3 is 11.9 Å². The highest BCUT2D eigenvalue weighted by atomic mass is 16.6. The maximum Gasteiger partial charge on any atom is 0.322 e. The van der Waals surface area contributed by atoms with Crippen LogP contribution in [0.1, 0.15) is 27.7 Å². The van der Waals surface area contributed by atoms with E-state index in [0.29, 0.717) is 0 Å². The van der Waals surface area contributed by atoms with Gasteiger partial charge in [-0.2, -0.15) is 0 Å². The maximum atomic E-state index is 11.8. The van der Waals surface area contributed by atoms with Crippen molar-refractivity contribution in [1.29, 1.82) is 0 Å². The van der Waals surface area contributed by atoms with Crippen molar-refractivity contribution >= 4 is 11.9 Å². The van der Waals surface area contributed by atoms with Crippen LogP contribution in [-0.4, -0.2) is 51.6 Å². The Hall–Kier alpha value is -1.14. The van der Waals surface area contributed by atoms with Crippen LogP contribution in [0.5, 0.6) is 0 Å². The molecule has 0 aromatic rings. The normalized spacial score (nSPS) is 14.6. The Morgan fingerprint density at radius 1 is 0.895 bits per heavy atom. The monoisotopic (exact) mass is 276 g/mol. The Kier molecular flexibility index (Phi) is 7.63. The molecule has 0 aromatic heterocycles. The van der Waals surface area contributed by atoms with E-state index in [9.17, 15) is 9.59 Å². The smallest absolute Gasteiger partial charge is 0.322 e. The first-order valence-corrected chi connectivity index (χ1v) is 6.15. The topological polar surface area (TPSA) is 71.1 Å². The minimum absolute atomic E-state index is 0.0977. The molecule has 0 saturated carbocycles. The third-order valence-electron chi connectivity index (χ3n) is 2.72. The second-order valence-electron chi connectivity index (χ2n) is 4.91. The number of ether oxygens (including phenoxy) is 4. The molecule has 0 aliphatic heterocycles. The molecule has 2 unspecified atom stereocenters. The standard InChI is InChI=1S/C13H24O6/c1-9(16-5)7-18-11(14)13(3,4)12(15)19-8-10(2)17-6/h9-10H,7-8H2,1-6H3. The summed E-state index contributed by atoms with van der Waals surface area (Å²) in [5.41, 5.74) is -1.35. The molecule has 0 N–H and O–H groups in total. The lowest BCUT2D eigenvalue weighted by molar-refractivity contribution is -0.173. The molecule has 0 saturated heterocycles. The molecular formula is C13H24O6. The SMILES string of the molecule is COC(C)COC(=O)C(C)(C)C(=O)OCC(C)OC. The summed E-state index contributed by atoms with van der Waals surface area (Å²) in [6.07, 6.45) is -0.437. The summed E-state index contributed by atoms with van der Waals surface area (Å²) >= 11 is 0. The van der Waals surface area contributed by atoms with Gasteiger partial charge in [-0.1, -0.05) is 0 Å². The van der Waals surface area contributed by atoms with Crippen molar-refractivity contribution in [3.63, 3.8) is 0 Å². The van der Waals surface area contributed by atoms with Crippen LogP contribution in [0.15, 0.2) is 0 Å². The number of rotatable bonds is 8. The van der Waals surface area contributed by atoms with Gasteiger partial charge in [0.15, 0.2) is 5.41 Å². The van der Waals surface area contributed by atoms with Crippen LogP contribution in [0, 0.1) is 5.41 Å². The fraction of sp³-hybridized carbons (Fsp3) is 0.846. The number of methoxy groups -OCH3 is 2. The molecule has 0 aliphatic rings. The van der Waals surface area contributed by atoms with E-state index in [1.54, 1.807) is 13.8 Å². The molecule has 0 rings (SSSR count). The van der Waals surface area contributed by atoms with Crippen molar-refractivity contribution in [3.8, 4) is 0 Å². The van der Waals surface area contributed by atoms with E-state index in [0.717, 1.165) is 0 Å². The number of esters is 2. The van der Waals surface area contributed by atoms with Crippen molar-refractivity contribution < 1.29 is 28.5 Å². The molecule has 0 radical (unpaired) electrons. The Bertz CT molecular complexity index is 272. The quantitative estimate of drug-likeness (QED) is 0.489. The molecule has 0 aromatic carbocycles. The summed E-state index contributed by atoms with van der Waals surface area (Å²) in [4.78, 5) is 23.7. The van der Waals surface area contributed by atoms with Crippen LogP contribution >= 0.6 is 0 Å². The van der Waals surface area contributed by atoms with Crippen molar-refractivity contribution in [1.82, 2.24) is 0 Å². The molecule has 6 nitrogen and oxygen atoms in total. The molecular weight excluding hydrogens is 252 g/mol. The predicted octanol–water partition coefficient (Wildman–Crippen LogP) is 1.17. The largest absolute Gasteiger partial charge is 0.462 e. The third kappa shape index (κ3) is 6.02. The lowest BCUT2D eigenvalue weighted by Crippen LogP contribution is -2.38. The number of hydrogen-bond acceptors (Lipinski definition) is 6. The van der Waals surface area contributed by atoms with Crippen LogP contribution in [0.2, 0.25) is 0 Å². The lowest BCUT2D eigenvalue weighted by atomic mass is 9.94. The van der Waals surface area contributed by atoms with Crippen LogP contribution in [-0.2, 0) is 28.5 Å². The predicted molar refractivity (Wildman–Crippen MR) is 68.6 cm³/mol. The average molecular weight is 276 g/mol. The summed E-state index contributed by atoms with van der Waals surface area (Å²) in [6.45, 7) is 6.65. The third-order valence-corrected chi connectivity index (χ3v) is 2.72. The van der Waals surface area contributed by atoms with Crippen LogP contribution in [0.3, 0.4) is 0 Å². The minimum Gasteiger partial charge on any atom is -0.462 e. The molecule has 0 spiro atoms. The highest BCUT2D eigenvalue weighted by Gasteiger charge is 2.39. The van der Waals surface area contributed by atoms with Gasteiger partial charge in [0.1, 0.15) is 13.2 Å². The van der Waals surface area contributed by atoms with Crippen molar-refractivity contribution in [2.24, 2.45) is 5.41 Å². The van der Waals surface area contributed by atoms with Crippen LogP contribution in [0.4, 0.5) is 0 Å². The number of carbonyl (C=O) groups excluding carboxylic acids is 2. The van der Waals surface area contributed by atoms with Gasteiger partial charge in [0.2, 0.25) is 0 Å². The zero-order valence-corrected chi connectivity index (χ0v) is 12.5. The Morgan fingerprint density at radius 3 is 1.47 bits per heavy atom. The van der Waals surface area contributed by atoms with Crippen LogP contribution in [0.25, 0.3) is 0 Å². The van der Waals surface area contributed by atoms with Gasteiger partial charge in [0.25, 0.3) is 0 Å². The Morgan fingerprint density at radius 2 is 1.21 bits per heavy atom. The first-order chi connectivity index (χ1) is 8.75. The van der Waals surface area contributed by atoms with Crippen molar-refractivity contribution in [3.05, 3.63) is 0 Å². The zero-order chi connectivity index (χ0) is 15.1. The number of carbonyl (C=O) groups is 2. The molecule has 0 aliphatic carbocycles. The van der Waals surface area contributed by atoms with Gasteiger partial charge in [0.05, 0.1) is 12.2 Å². The van der Waals surface area contributed by atoms with E-state index in [-0.39, 0.29) is 25.4 Å². The van der Waals surface area contributed by atoms with Gasteiger partial charge in [-0.15, -0.1) is 0 Å². The van der Waals surface area contributed by atoms with Gasteiger partial charge in [-0.25, -0.2) is 0 Å². The first kappa shape index (κ1) is 17.9. The van der Waals surface area contributed by atoms with Crippen LogP contribution < -0.4 is 0 Å². The summed E-state index contributed by atoms with van der Waals surface area (Å²) in [5, 5.41) is 0. The summed E-state index contributed by atoms with van der Waals surface area (Å²) in [6, 6.07) is 0. The Balaban J connectivity index is 4.33. The van der Waals surface area contributed by atoms with E-state index in [2.05, 4.69) is 0 Å². The molecule has 0 bridgehead atoms. The molecule has 6 heteroatoms. The number of hydrogen-bond donors (Lipinski definition) is 0. The maximum absolute atomic E-state index is 11.8. The van der Waals surface area contributed by atoms with Crippen molar-refractivity contribution in [2.45, 2.75) is 39.9 Å². The summed E-state index contributed by atoms with van der Waals surface area (Å²) < 4.78 is 20.0. The zero-order valence-electron chi connectivity index (χ0n) is 12.5. The highest BCUT2D eigenvalue weighted by Crippen LogP contribution is 2.20. The molecule has 0 heterocycles. The molecule has 0 fully saturated rings. The summed E-state index contributed by atoms with van der Waals surface area (Å²) in [5.74, 6) is -1.27. The van der Waals surface area contributed by atoms with Gasteiger partial charge in [-0.05, 0) is 27.7 Å². The second kappa shape index (κ2) is 8.12. The molecule has 19 heavy (non-hydrogen) atoms. The lowest BCUT2D eigenvalue weighted by Gasteiger charge is -2.22. The second-order valence-corrected chi connectivity index (χ2v) is 4.91. The summed E-state index contributed by atoms with van der Waals surface area (Å²) in [7, 11) is 3.04. The fourth-order valence-corrected chi connectivity index (χ4v) is 0.966. The van der Waals surface area contributed by atoms with E-state index >= 15 is 0 Å². The Labute approximate surface area is 114 Å². The van der Waals surface area contributed by atoms with E-state index in [4.69, 9.17) is 18.9 Å². The van der Waals surface area contributed by atoms with Crippen molar-refractivity contribution in [2.75, 3.05) is 27.4 Å². The van der Waals surface area contributed by atoms with Gasteiger partial charge in [0, 0.05) is 14.2 Å². The first-order valence-electron chi connectivity index (χ1n) is 6.15. The molecule has 2 atom stereocenters. The molecule has 0 amide bonds. The highest BCUT2D eigenvalue weighted by molar-refractivity contribution is 5.99. The van der Waals surface area contributed by atoms with E-state index in [1.165, 1.54) is 28.1 Å². The molecule has 112 valence electrons. The van der Waals surface area contributed by atoms with Gasteiger partial charge in [-0.3, -0.25) is 9.59 Å². The fourth-order valence-electron chi connectivity index (χ4n) is 0.966. The van der Waals surface area contributed by atoms with E-state index < -0.39 is 17.4 Å².